The smallest absolute Gasteiger partial charge is 0.0920 e. The van der Waals surface area contributed by atoms with Crippen molar-refractivity contribution in [3.8, 4) is 0 Å². The van der Waals surface area contributed by atoms with E-state index >= 15 is 0 Å². The van der Waals surface area contributed by atoms with E-state index in [0.717, 1.165) is 26.1 Å². The Hall–Kier alpha value is 0.01000. The predicted molar refractivity (Wildman–Crippen MR) is 61.6 cm³/mol. The van der Waals surface area contributed by atoms with E-state index in [0.29, 0.717) is 6.10 Å². The molecule has 80 valence electrons. The van der Waals surface area contributed by atoms with E-state index in [-0.39, 0.29) is 0 Å². The Labute approximate surface area is 90.5 Å². The molecule has 2 rings (SSSR count). The van der Waals surface area contributed by atoms with Gasteiger partial charge in [-0.25, -0.2) is 0 Å². The highest BCUT2D eigenvalue weighted by Crippen LogP contribution is 2.38. The fraction of sp³-hybridized carbons (Fsp3) is 0.818. The molecule has 2 aliphatic rings. The van der Waals surface area contributed by atoms with Crippen molar-refractivity contribution in [3.63, 3.8) is 0 Å². The average molecular weight is 213 g/mol. The molecule has 0 radical (unpaired) electrons. The molecular weight excluding hydrogens is 194 g/mol. The van der Waals surface area contributed by atoms with Gasteiger partial charge in [-0.3, -0.25) is 0 Å². The van der Waals surface area contributed by atoms with Crippen molar-refractivity contribution < 1.29 is 4.74 Å². The van der Waals surface area contributed by atoms with Gasteiger partial charge >= 0.3 is 0 Å². The molecule has 0 aromatic carbocycles. The molecule has 2 heterocycles. The first-order chi connectivity index (χ1) is 6.92. The molecule has 0 saturated carbocycles. The second-order valence-corrected chi connectivity index (χ2v) is 5.05. The molecule has 0 bridgehead atoms. The van der Waals surface area contributed by atoms with E-state index in [1.165, 1.54) is 18.6 Å². The summed E-state index contributed by atoms with van der Waals surface area (Å²) in [5.41, 5.74) is 1.59. The highest BCUT2D eigenvalue weighted by Gasteiger charge is 2.26. The lowest BCUT2D eigenvalue weighted by Gasteiger charge is -2.25. The maximum Gasteiger partial charge on any atom is 0.0920 e. The van der Waals surface area contributed by atoms with Gasteiger partial charge < -0.3 is 10.1 Å². The molecule has 2 aliphatic heterocycles. The maximum absolute atomic E-state index is 5.80. The largest absolute Gasteiger partial charge is 0.372 e. The SMILES string of the molecule is CCCNCC1OCCC2=C1CCS2. The summed E-state index contributed by atoms with van der Waals surface area (Å²) in [7, 11) is 0. The lowest BCUT2D eigenvalue weighted by molar-refractivity contribution is 0.0685. The van der Waals surface area contributed by atoms with Crippen molar-refractivity contribution in [2.45, 2.75) is 32.3 Å². The van der Waals surface area contributed by atoms with Crippen LogP contribution in [-0.4, -0.2) is 31.6 Å². The van der Waals surface area contributed by atoms with Crippen molar-refractivity contribution >= 4 is 11.8 Å². The topological polar surface area (TPSA) is 21.3 Å². The molecule has 0 aromatic heterocycles. The predicted octanol–water partition coefficient (Wildman–Crippen LogP) is 2.17. The van der Waals surface area contributed by atoms with Gasteiger partial charge in [0.1, 0.15) is 0 Å². The lowest BCUT2D eigenvalue weighted by Crippen LogP contribution is -2.33. The molecule has 2 nitrogen and oxygen atoms in total. The molecule has 0 amide bonds. The van der Waals surface area contributed by atoms with Crippen LogP contribution in [0.4, 0.5) is 0 Å². The lowest BCUT2D eigenvalue weighted by atomic mass is 10.0. The van der Waals surface area contributed by atoms with Crippen LogP contribution >= 0.6 is 11.8 Å². The van der Waals surface area contributed by atoms with Crippen molar-refractivity contribution in [3.05, 3.63) is 10.5 Å². The number of thioether (sulfide) groups is 1. The zero-order valence-electron chi connectivity index (χ0n) is 8.84. The van der Waals surface area contributed by atoms with Gasteiger partial charge in [0.05, 0.1) is 12.7 Å². The Morgan fingerprint density at radius 1 is 1.50 bits per heavy atom. The van der Waals surface area contributed by atoms with Crippen molar-refractivity contribution in [1.29, 1.82) is 0 Å². The van der Waals surface area contributed by atoms with E-state index in [2.05, 4.69) is 12.2 Å². The van der Waals surface area contributed by atoms with Crippen molar-refractivity contribution in [2.24, 2.45) is 0 Å². The van der Waals surface area contributed by atoms with Crippen LogP contribution in [0, 0.1) is 0 Å². The van der Waals surface area contributed by atoms with Gasteiger partial charge in [0.2, 0.25) is 0 Å². The average Bonchev–Trinajstić information content (AvgIpc) is 2.67. The summed E-state index contributed by atoms with van der Waals surface area (Å²) in [6.45, 7) is 5.23. The summed E-state index contributed by atoms with van der Waals surface area (Å²) < 4.78 is 5.80. The summed E-state index contributed by atoms with van der Waals surface area (Å²) in [5, 5.41) is 3.45. The van der Waals surface area contributed by atoms with Crippen LogP contribution in [0.15, 0.2) is 10.5 Å². The first kappa shape index (κ1) is 10.5. The fourth-order valence-electron chi connectivity index (χ4n) is 2.08. The monoisotopic (exact) mass is 213 g/mol. The van der Waals surface area contributed by atoms with Crippen LogP contribution in [-0.2, 0) is 4.74 Å². The summed E-state index contributed by atoms with van der Waals surface area (Å²) in [5.74, 6) is 1.28. The maximum atomic E-state index is 5.80. The Balaban J connectivity index is 1.88. The molecular formula is C11H19NOS. The Morgan fingerprint density at radius 3 is 3.29 bits per heavy atom. The van der Waals surface area contributed by atoms with Gasteiger partial charge in [0.15, 0.2) is 0 Å². The van der Waals surface area contributed by atoms with E-state index in [9.17, 15) is 0 Å². The van der Waals surface area contributed by atoms with Crippen molar-refractivity contribution in [2.75, 3.05) is 25.4 Å². The first-order valence-electron chi connectivity index (χ1n) is 5.59. The van der Waals surface area contributed by atoms with Gasteiger partial charge in [-0.15, -0.1) is 11.8 Å². The highest BCUT2D eigenvalue weighted by molar-refractivity contribution is 8.03. The Kier molecular flexibility index (Phi) is 3.90. The molecule has 0 aliphatic carbocycles. The van der Waals surface area contributed by atoms with Gasteiger partial charge in [0, 0.05) is 18.7 Å². The van der Waals surface area contributed by atoms with Crippen LogP contribution in [0.2, 0.25) is 0 Å². The summed E-state index contributed by atoms with van der Waals surface area (Å²) >= 11 is 2.04. The minimum Gasteiger partial charge on any atom is -0.372 e. The molecule has 1 unspecified atom stereocenters. The summed E-state index contributed by atoms with van der Waals surface area (Å²) in [4.78, 5) is 1.62. The van der Waals surface area contributed by atoms with Crippen LogP contribution in [0.3, 0.4) is 0 Å². The third-order valence-electron chi connectivity index (χ3n) is 2.80. The second kappa shape index (κ2) is 5.19. The second-order valence-electron chi connectivity index (χ2n) is 3.86. The molecule has 0 spiro atoms. The third-order valence-corrected chi connectivity index (χ3v) is 4.02. The number of nitrogens with one attached hydrogen (secondary N) is 1. The number of hydrogen-bond donors (Lipinski definition) is 1. The standard InChI is InChI=1S/C11H19NOS/c1-2-5-12-8-10-9-4-7-14-11(9)3-6-13-10/h10,12H,2-8H2,1H3. The zero-order chi connectivity index (χ0) is 9.80. The first-order valence-corrected chi connectivity index (χ1v) is 6.57. The molecule has 3 heteroatoms. The third kappa shape index (κ3) is 2.33. The quantitative estimate of drug-likeness (QED) is 0.723. The minimum atomic E-state index is 0.375. The molecule has 1 atom stereocenters. The number of hydrogen-bond acceptors (Lipinski definition) is 3. The van der Waals surface area contributed by atoms with E-state index in [4.69, 9.17) is 4.74 Å². The Morgan fingerprint density at radius 2 is 2.43 bits per heavy atom. The number of rotatable bonds is 4. The van der Waals surface area contributed by atoms with Gasteiger partial charge in [-0.2, -0.15) is 0 Å². The van der Waals surface area contributed by atoms with E-state index < -0.39 is 0 Å². The summed E-state index contributed by atoms with van der Waals surface area (Å²) in [6, 6.07) is 0. The van der Waals surface area contributed by atoms with Crippen LogP contribution in [0.5, 0.6) is 0 Å². The molecule has 1 N–H and O–H groups in total. The molecule has 14 heavy (non-hydrogen) atoms. The molecule has 0 fully saturated rings. The molecule has 0 aromatic rings. The summed E-state index contributed by atoms with van der Waals surface area (Å²) in [6.07, 6.45) is 3.98. The van der Waals surface area contributed by atoms with Crippen molar-refractivity contribution in [1.82, 2.24) is 5.32 Å². The van der Waals surface area contributed by atoms with Gasteiger partial charge in [-0.1, -0.05) is 6.92 Å². The van der Waals surface area contributed by atoms with Crippen LogP contribution in [0.1, 0.15) is 26.2 Å². The van der Waals surface area contributed by atoms with Gasteiger partial charge in [0.25, 0.3) is 0 Å². The Bertz CT molecular complexity index is 227. The van der Waals surface area contributed by atoms with Crippen LogP contribution in [0.25, 0.3) is 0 Å². The van der Waals surface area contributed by atoms with Crippen LogP contribution < -0.4 is 5.32 Å². The minimum absolute atomic E-state index is 0.375. The fourth-order valence-corrected chi connectivity index (χ4v) is 3.29. The normalized spacial score (nSPS) is 26.8. The number of ether oxygens (including phenoxy) is 1. The highest BCUT2D eigenvalue weighted by atomic mass is 32.2. The van der Waals surface area contributed by atoms with E-state index in [1.807, 2.05) is 11.8 Å². The van der Waals surface area contributed by atoms with E-state index in [1.54, 1.807) is 10.5 Å². The molecule has 0 saturated heterocycles. The zero-order valence-corrected chi connectivity index (χ0v) is 9.66. The van der Waals surface area contributed by atoms with Gasteiger partial charge in [-0.05, 0) is 29.9 Å².